The van der Waals surface area contributed by atoms with Crippen molar-refractivity contribution in [2.45, 2.75) is 56.7 Å². The summed E-state index contributed by atoms with van der Waals surface area (Å²) < 4.78 is 11.0. The summed E-state index contributed by atoms with van der Waals surface area (Å²) in [7, 11) is 0. The van der Waals surface area contributed by atoms with E-state index in [0.29, 0.717) is 5.02 Å². The number of unbranched alkanes of at least 4 members (excludes halogenated alkanes) is 1. The fraction of sp³-hybridized carbons (Fsp3) is 0.423. The summed E-state index contributed by atoms with van der Waals surface area (Å²) in [5.41, 5.74) is 2.05. The van der Waals surface area contributed by atoms with Gasteiger partial charge in [0.25, 0.3) is 0 Å². The maximum absolute atomic E-state index is 9.98. The third-order valence-electron chi connectivity index (χ3n) is 6.57. The average molecular weight is 500 g/mol. The fourth-order valence-electron chi connectivity index (χ4n) is 4.44. The van der Waals surface area contributed by atoms with Crippen molar-refractivity contribution >= 4 is 28.1 Å². The standard InChI is InChI=1S/C26H30ClN3O3S/c1-2-3-6-18(15-31)29-24(19-7-4-5-8-20(19)27)23-14-28-25(34-23)30-26(11-12-26)17-9-10-21-22(13-17)33-16-32-21/h4-5,7-10,13-14,18,24,29,31H,2-3,6,11-12,15-16H2,1H3,(H,28,30)/t18-,24?/m1/s1. The van der Waals surface area contributed by atoms with E-state index in [4.69, 9.17) is 26.1 Å². The highest BCUT2D eigenvalue weighted by Crippen LogP contribution is 2.51. The Labute approximate surface area is 209 Å². The van der Waals surface area contributed by atoms with Gasteiger partial charge in [0.05, 0.1) is 18.2 Å². The number of nitrogens with one attached hydrogen (secondary N) is 2. The summed E-state index contributed by atoms with van der Waals surface area (Å²) in [6, 6.07) is 13.9. The Morgan fingerprint density at radius 2 is 2.00 bits per heavy atom. The Balaban J connectivity index is 1.38. The highest BCUT2D eigenvalue weighted by atomic mass is 35.5. The maximum Gasteiger partial charge on any atom is 0.231 e. The summed E-state index contributed by atoms with van der Waals surface area (Å²) in [5.74, 6) is 1.60. The monoisotopic (exact) mass is 499 g/mol. The molecule has 2 heterocycles. The lowest BCUT2D eigenvalue weighted by Gasteiger charge is -2.25. The molecule has 8 heteroatoms. The molecule has 0 saturated heterocycles. The van der Waals surface area contributed by atoms with Crippen molar-refractivity contribution in [1.29, 1.82) is 0 Å². The van der Waals surface area contributed by atoms with Gasteiger partial charge >= 0.3 is 0 Å². The molecule has 0 spiro atoms. The van der Waals surface area contributed by atoms with Gasteiger partial charge in [-0.3, -0.25) is 0 Å². The minimum atomic E-state index is -0.142. The first-order valence-electron chi connectivity index (χ1n) is 11.9. The molecule has 2 atom stereocenters. The minimum Gasteiger partial charge on any atom is -0.454 e. The van der Waals surface area contributed by atoms with Crippen LogP contribution in [0.2, 0.25) is 5.02 Å². The van der Waals surface area contributed by atoms with Crippen LogP contribution in [0.15, 0.2) is 48.7 Å². The number of hydrogen-bond acceptors (Lipinski definition) is 7. The Morgan fingerprint density at radius 1 is 1.18 bits per heavy atom. The Hall–Kier alpha value is -2.32. The van der Waals surface area contributed by atoms with Gasteiger partial charge in [0.1, 0.15) is 0 Å². The fourth-order valence-corrected chi connectivity index (χ4v) is 5.67. The molecule has 1 saturated carbocycles. The zero-order chi connectivity index (χ0) is 23.5. The number of halogens is 1. The van der Waals surface area contributed by atoms with E-state index in [9.17, 15) is 5.11 Å². The first-order valence-corrected chi connectivity index (χ1v) is 13.1. The number of aliphatic hydroxyl groups excluding tert-OH is 1. The molecule has 1 aliphatic carbocycles. The van der Waals surface area contributed by atoms with E-state index in [1.54, 1.807) is 11.3 Å². The molecule has 180 valence electrons. The average Bonchev–Trinajstić information content (AvgIpc) is 3.25. The van der Waals surface area contributed by atoms with Gasteiger partial charge < -0.3 is 25.2 Å². The van der Waals surface area contributed by atoms with Crippen molar-refractivity contribution in [2.24, 2.45) is 0 Å². The molecule has 1 fully saturated rings. The number of hydrogen-bond donors (Lipinski definition) is 3. The quantitative estimate of drug-likeness (QED) is 0.307. The zero-order valence-electron chi connectivity index (χ0n) is 19.2. The largest absolute Gasteiger partial charge is 0.454 e. The van der Waals surface area contributed by atoms with Gasteiger partial charge in [0.15, 0.2) is 16.6 Å². The SMILES string of the molecule is CCCC[C@H](CO)NC(c1cnc(NC2(c3ccc4c(c3)OCO4)CC2)s1)c1ccccc1Cl. The number of aliphatic hydroxyl groups is 1. The molecule has 0 amide bonds. The van der Waals surface area contributed by atoms with E-state index in [2.05, 4.69) is 29.7 Å². The first-order chi connectivity index (χ1) is 16.6. The summed E-state index contributed by atoms with van der Waals surface area (Å²) in [4.78, 5) is 5.78. The van der Waals surface area contributed by atoms with Crippen molar-refractivity contribution in [3.63, 3.8) is 0 Å². The van der Waals surface area contributed by atoms with E-state index in [-0.39, 0.29) is 31.0 Å². The number of rotatable bonds is 11. The van der Waals surface area contributed by atoms with Crippen molar-refractivity contribution in [1.82, 2.24) is 10.3 Å². The minimum absolute atomic E-state index is 0.0110. The van der Waals surface area contributed by atoms with Crippen LogP contribution >= 0.6 is 22.9 Å². The van der Waals surface area contributed by atoms with Crippen LogP contribution in [0.1, 0.15) is 61.1 Å². The van der Waals surface area contributed by atoms with Crippen LogP contribution in [0, 0.1) is 0 Å². The molecule has 1 aliphatic heterocycles. The number of thiazole rings is 1. The second kappa shape index (κ2) is 10.1. The lowest BCUT2D eigenvalue weighted by molar-refractivity contribution is 0.174. The van der Waals surface area contributed by atoms with Crippen LogP contribution in [0.25, 0.3) is 0 Å². The number of ether oxygens (including phenoxy) is 2. The van der Waals surface area contributed by atoms with Gasteiger partial charge in [-0.05, 0) is 48.6 Å². The topological polar surface area (TPSA) is 75.6 Å². The highest BCUT2D eigenvalue weighted by molar-refractivity contribution is 7.15. The molecule has 3 N–H and O–H groups in total. The third kappa shape index (κ3) is 4.89. The summed E-state index contributed by atoms with van der Waals surface area (Å²) in [6.07, 6.45) is 7.05. The van der Waals surface area contributed by atoms with Crippen molar-refractivity contribution in [3.05, 3.63) is 69.7 Å². The van der Waals surface area contributed by atoms with E-state index in [0.717, 1.165) is 59.2 Å². The molecule has 0 radical (unpaired) electrons. The van der Waals surface area contributed by atoms with Crippen LogP contribution in [0.4, 0.5) is 5.13 Å². The van der Waals surface area contributed by atoms with E-state index in [1.165, 1.54) is 5.56 Å². The molecule has 34 heavy (non-hydrogen) atoms. The van der Waals surface area contributed by atoms with Crippen molar-refractivity contribution in [3.8, 4) is 11.5 Å². The Morgan fingerprint density at radius 3 is 2.76 bits per heavy atom. The summed E-state index contributed by atoms with van der Waals surface area (Å²) in [5, 5.41) is 18.9. The molecule has 6 nitrogen and oxygen atoms in total. The van der Waals surface area contributed by atoms with Crippen LogP contribution in [-0.2, 0) is 5.54 Å². The van der Waals surface area contributed by atoms with E-state index < -0.39 is 0 Å². The van der Waals surface area contributed by atoms with E-state index >= 15 is 0 Å². The molecule has 3 aromatic rings. The van der Waals surface area contributed by atoms with Crippen molar-refractivity contribution < 1.29 is 14.6 Å². The second-order valence-electron chi connectivity index (χ2n) is 8.99. The molecule has 1 unspecified atom stereocenters. The number of fused-ring (bicyclic) bond motifs is 1. The zero-order valence-corrected chi connectivity index (χ0v) is 20.8. The van der Waals surface area contributed by atoms with Crippen LogP contribution in [0.5, 0.6) is 11.5 Å². The lowest BCUT2D eigenvalue weighted by Crippen LogP contribution is -2.36. The molecule has 2 aliphatic rings. The molecular formula is C26H30ClN3O3S. The van der Waals surface area contributed by atoms with Crippen molar-refractivity contribution in [2.75, 3.05) is 18.7 Å². The predicted octanol–water partition coefficient (Wildman–Crippen LogP) is 5.86. The Bertz CT molecular complexity index is 1130. The summed E-state index contributed by atoms with van der Waals surface area (Å²) in [6.45, 7) is 2.52. The van der Waals surface area contributed by atoms with Gasteiger partial charge in [-0.25, -0.2) is 4.98 Å². The highest BCUT2D eigenvalue weighted by Gasteiger charge is 2.45. The van der Waals surface area contributed by atoms with Gasteiger partial charge in [-0.2, -0.15) is 0 Å². The maximum atomic E-state index is 9.98. The molecular weight excluding hydrogens is 470 g/mol. The smallest absolute Gasteiger partial charge is 0.231 e. The van der Waals surface area contributed by atoms with Crippen LogP contribution in [0.3, 0.4) is 0 Å². The molecule has 1 aromatic heterocycles. The number of aromatic nitrogens is 1. The van der Waals surface area contributed by atoms with Crippen LogP contribution in [-0.4, -0.2) is 29.5 Å². The van der Waals surface area contributed by atoms with E-state index in [1.807, 2.05) is 36.5 Å². The Kier molecular flexibility index (Phi) is 6.97. The van der Waals surface area contributed by atoms with Crippen LogP contribution < -0.4 is 20.1 Å². The first kappa shape index (κ1) is 23.4. The summed E-state index contributed by atoms with van der Waals surface area (Å²) >= 11 is 8.22. The lowest BCUT2D eigenvalue weighted by atomic mass is 10.0. The third-order valence-corrected chi connectivity index (χ3v) is 7.90. The predicted molar refractivity (Wildman–Crippen MR) is 136 cm³/mol. The van der Waals surface area contributed by atoms with Gasteiger partial charge in [-0.1, -0.05) is 55.6 Å². The number of anilines is 1. The van der Waals surface area contributed by atoms with Gasteiger partial charge in [0.2, 0.25) is 6.79 Å². The number of benzene rings is 2. The molecule has 5 rings (SSSR count). The molecule has 0 bridgehead atoms. The number of nitrogens with zero attached hydrogens (tertiary/aromatic N) is 1. The van der Waals surface area contributed by atoms with Gasteiger partial charge in [-0.15, -0.1) is 11.3 Å². The second-order valence-corrected chi connectivity index (χ2v) is 10.5. The normalized spacial score (nSPS) is 17.4. The molecule has 2 aromatic carbocycles. The van der Waals surface area contributed by atoms with Gasteiger partial charge in [0, 0.05) is 22.1 Å².